The van der Waals surface area contributed by atoms with E-state index < -0.39 is 0 Å². The monoisotopic (exact) mass is 290 g/mol. The van der Waals surface area contributed by atoms with Gasteiger partial charge in [0.15, 0.2) is 0 Å². The van der Waals surface area contributed by atoms with E-state index in [-0.39, 0.29) is 0 Å². The number of aromatic nitrogens is 1. The van der Waals surface area contributed by atoms with Gasteiger partial charge in [0.05, 0.1) is 12.8 Å². The second-order valence-electron chi connectivity index (χ2n) is 5.12. The van der Waals surface area contributed by atoms with Crippen LogP contribution in [0.2, 0.25) is 0 Å². The van der Waals surface area contributed by atoms with Crippen molar-refractivity contribution in [3.05, 3.63) is 72.4 Å². The summed E-state index contributed by atoms with van der Waals surface area (Å²) in [6.45, 7) is 2.05. The van der Waals surface area contributed by atoms with Gasteiger partial charge in [-0.05, 0) is 42.3 Å². The molecule has 22 heavy (non-hydrogen) atoms. The fourth-order valence-corrected chi connectivity index (χ4v) is 2.37. The largest absolute Gasteiger partial charge is 0.497 e. The molecule has 0 atom stereocenters. The Balaban J connectivity index is 2.04. The Bertz CT molecular complexity index is 769. The fourth-order valence-electron chi connectivity index (χ4n) is 2.37. The quantitative estimate of drug-likeness (QED) is 0.748. The molecule has 2 aromatic carbocycles. The Hall–Kier alpha value is -2.81. The highest BCUT2D eigenvalue weighted by Crippen LogP contribution is 2.33. The van der Waals surface area contributed by atoms with Crippen LogP contribution in [0.3, 0.4) is 0 Å². The van der Waals surface area contributed by atoms with Crippen LogP contribution in [0, 0.1) is 6.92 Å². The number of anilines is 2. The van der Waals surface area contributed by atoms with Gasteiger partial charge in [-0.1, -0.05) is 30.3 Å². The second-order valence-corrected chi connectivity index (χ2v) is 5.12. The van der Waals surface area contributed by atoms with Crippen molar-refractivity contribution < 1.29 is 4.74 Å². The summed E-state index contributed by atoms with van der Waals surface area (Å²) in [5.41, 5.74) is 4.41. The van der Waals surface area contributed by atoms with Gasteiger partial charge in [0, 0.05) is 17.8 Å². The molecule has 0 saturated carbocycles. The van der Waals surface area contributed by atoms with Gasteiger partial charge in [-0.3, -0.25) is 0 Å². The molecule has 1 N–H and O–H groups in total. The van der Waals surface area contributed by atoms with E-state index in [9.17, 15) is 0 Å². The van der Waals surface area contributed by atoms with Gasteiger partial charge in [-0.25, -0.2) is 4.98 Å². The minimum absolute atomic E-state index is 0.815. The van der Waals surface area contributed by atoms with Crippen molar-refractivity contribution in [2.45, 2.75) is 6.92 Å². The third-order valence-corrected chi connectivity index (χ3v) is 3.49. The minimum Gasteiger partial charge on any atom is -0.497 e. The zero-order valence-electron chi connectivity index (χ0n) is 12.7. The first-order chi connectivity index (χ1) is 10.8. The number of nitrogens with zero attached hydrogens (tertiary/aromatic N) is 1. The van der Waals surface area contributed by atoms with Crippen LogP contribution < -0.4 is 10.1 Å². The normalized spacial score (nSPS) is 10.3. The van der Waals surface area contributed by atoms with E-state index >= 15 is 0 Å². The van der Waals surface area contributed by atoms with Gasteiger partial charge >= 0.3 is 0 Å². The minimum atomic E-state index is 0.815. The lowest BCUT2D eigenvalue weighted by Crippen LogP contribution is -1.97. The summed E-state index contributed by atoms with van der Waals surface area (Å²) < 4.78 is 5.35. The van der Waals surface area contributed by atoms with Crippen molar-refractivity contribution in [3.8, 4) is 16.9 Å². The molecule has 1 heterocycles. The molecule has 3 heteroatoms. The maximum Gasteiger partial charge on any atom is 0.130 e. The summed E-state index contributed by atoms with van der Waals surface area (Å²) in [5.74, 6) is 1.64. The van der Waals surface area contributed by atoms with Crippen molar-refractivity contribution in [3.63, 3.8) is 0 Å². The van der Waals surface area contributed by atoms with Crippen LogP contribution in [0.15, 0.2) is 66.9 Å². The Morgan fingerprint density at radius 1 is 0.955 bits per heavy atom. The van der Waals surface area contributed by atoms with Gasteiger partial charge < -0.3 is 10.1 Å². The predicted molar refractivity (Wildman–Crippen MR) is 90.7 cm³/mol. The molecule has 0 aliphatic rings. The van der Waals surface area contributed by atoms with Crippen LogP contribution >= 0.6 is 0 Å². The Labute approximate surface area is 130 Å². The number of hydrogen-bond acceptors (Lipinski definition) is 3. The molecule has 0 aliphatic heterocycles. The number of methoxy groups -OCH3 is 1. The maximum absolute atomic E-state index is 5.35. The molecule has 1 aromatic heterocycles. The highest BCUT2D eigenvalue weighted by atomic mass is 16.5. The lowest BCUT2D eigenvalue weighted by atomic mass is 10.0. The number of aryl methyl sites for hydroxylation is 1. The highest BCUT2D eigenvalue weighted by molar-refractivity contribution is 5.81. The molecule has 0 aliphatic carbocycles. The van der Waals surface area contributed by atoms with Crippen molar-refractivity contribution in [2.24, 2.45) is 0 Å². The first-order valence-corrected chi connectivity index (χ1v) is 7.19. The topological polar surface area (TPSA) is 34.1 Å². The van der Waals surface area contributed by atoms with E-state index in [4.69, 9.17) is 4.74 Å². The number of rotatable bonds is 4. The van der Waals surface area contributed by atoms with E-state index in [0.717, 1.165) is 28.4 Å². The first-order valence-electron chi connectivity index (χ1n) is 7.19. The molecule has 110 valence electrons. The smallest absolute Gasteiger partial charge is 0.130 e. The summed E-state index contributed by atoms with van der Waals surface area (Å²) in [6, 6.07) is 20.3. The Morgan fingerprint density at radius 2 is 1.77 bits per heavy atom. The molecule has 0 fully saturated rings. The standard InChI is InChI=1S/C19H18N2O/c1-14-10-11-20-19(12-14)21-18-13-16(22-2)8-9-17(18)15-6-4-3-5-7-15/h3-13H,1-2H3,(H,20,21). The van der Waals surface area contributed by atoms with Gasteiger partial charge in [0.25, 0.3) is 0 Å². The molecule has 3 aromatic rings. The summed E-state index contributed by atoms with van der Waals surface area (Å²) in [4.78, 5) is 4.37. The molecular formula is C19H18N2O. The molecule has 3 nitrogen and oxygen atoms in total. The molecule has 3 rings (SSSR count). The number of nitrogens with one attached hydrogen (secondary N) is 1. The molecule has 0 unspecified atom stereocenters. The number of hydrogen-bond donors (Lipinski definition) is 1. The zero-order valence-corrected chi connectivity index (χ0v) is 12.7. The molecule has 0 spiro atoms. The molecular weight excluding hydrogens is 272 g/mol. The number of pyridine rings is 1. The van der Waals surface area contributed by atoms with Crippen molar-refractivity contribution in [1.29, 1.82) is 0 Å². The van der Waals surface area contributed by atoms with E-state index in [2.05, 4.69) is 35.4 Å². The molecule has 0 bridgehead atoms. The predicted octanol–water partition coefficient (Wildman–Crippen LogP) is 4.81. The average molecular weight is 290 g/mol. The van der Waals surface area contributed by atoms with Crippen LogP contribution in [0.5, 0.6) is 5.75 Å². The van der Waals surface area contributed by atoms with Gasteiger partial charge in [-0.15, -0.1) is 0 Å². The van der Waals surface area contributed by atoms with Crippen LogP contribution in [0.25, 0.3) is 11.1 Å². The molecule has 0 radical (unpaired) electrons. The van der Waals surface area contributed by atoms with Crippen LogP contribution in [-0.4, -0.2) is 12.1 Å². The summed E-state index contributed by atoms with van der Waals surface area (Å²) in [7, 11) is 1.67. The Kier molecular flexibility index (Phi) is 4.05. The van der Waals surface area contributed by atoms with Gasteiger partial charge in [-0.2, -0.15) is 0 Å². The van der Waals surface area contributed by atoms with Crippen molar-refractivity contribution in [2.75, 3.05) is 12.4 Å². The third kappa shape index (κ3) is 3.09. The van der Waals surface area contributed by atoms with E-state index in [1.54, 1.807) is 13.3 Å². The van der Waals surface area contributed by atoms with E-state index in [1.807, 2.05) is 42.5 Å². The lowest BCUT2D eigenvalue weighted by molar-refractivity contribution is 0.415. The second kappa shape index (κ2) is 6.31. The molecule has 0 amide bonds. The van der Waals surface area contributed by atoms with Crippen LogP contribution in [0.4, 0.5) is 11.5 Å². The Morgan fingerprint density at radius 3 is 2.50 bits per heavy atom. The van der Waals surface area contributed by atoms with E-state index in [1.165, 1.54) is 5.56 Å². The maximum atomic E-state index is 5.35. The van der Waals surface area contributed by atoms with Crippen molar-refractivity contribution in [1.82, 2.24) is 4.98 Å². The molecule has 0 saturated heterocycles. The third-order valence-electron chi connectivity index (χ3n) is 3.49. The van der Waals surface area contributed by atoms with Gasteiger partial charge in [0.1, 0.15) is 11.6 Å². The first kappa shape index (κ1) is 14.1. The van der Waals surface area contributed by atoms with E-state index in [0.29, 0.717) is 0 Å². The lowest BCUT2D eigenvalue weighted by Gasteiger charge is -2.14. The van der Waals surface area contributed by atoms with Gasteiger partial charge in [0.2, 0.25) is 0 Å². The SMILES string of the molecule is COc1ccc(-c2ccccc2)c(Nc2cc(C)ccn2)c1. The number of ether oxygens (including phenoxy) is 1. The fraction of sp³-hybridized carbons (Fsp3) is 0.105. The average Bonchev–Trinajstić information content (AvgIpc) is 2.55. The van der Waals surface area contributed by atoms with Crippen molar-refractivity contribution >= 4 is 11.5 Å². The number of benzene rings is 2. The summed E-state index contributed by atoms with van der Waals surface area (Å²) >= 11 is 0. The summed E-state index contributed by atoms with van der Waals surface area (Å²) in [6.07, 6.45) is 1.81. The van der Waals surface area contributed by atoms with Crippen LogP contribution in [-0.2, 0) is 0 Å². The summed E-state index contributed by atoms with van der Waals surface area (Å²) in [5, 5.41) is 3.40. The van der Waals surface area contributed by atoms with Crippen LogP contribution in [0.1, 0.15) is 5.56 Å². The zero-order chi connectivity index (χ0) is 15.4. The highest BCUT2D eigenvalue weighted by Gasteiger charge is 2.08.